The second kappa shape index (κ2) is 10.2. The van der Waals surface area contributed by atoms with E-state index < -0.39 is 18.0 Å². The van der Waals surface area contributed by atoms with Gasteiger partial charge in [0.2, 0.25) is 5.91 Å². The molecule has 176 valence electrons. The lowest BCUT2D eigenvalue weighted by Crippen LogP contribution is -2.47. The second-order valence-corrected chi connectivity index (χ2v) is 8.27. The molecule has 9 heteroatoms. The van der Waals surface area contributed by atoms with Crippen molar-refractivity contribution in [2.24, 2.45) is 0 Å². The number of carbonyl (C=O) groups excluding carboxylic acids is 2. The number of amides is 3. The number of anilines is 2. The summed E-state index contributed by atoms with van der Waals surface area (Å²) in [5.41, 5.74) is 1.49. The van der Waals surface area contributed by atoms with E-state index in [0.29, 0.717) is 24.4 Å². The quantitative estimate of drug-likeness (QED) is 0.510. The number of carbonyl (C=O) groups is 2. The number of aliphatic hydroxyl groups excluding tert-OH is 1. The van der Waals surface area contributed by atoms with Crippen LogP contribution in [0.3, 0.4) is 0 Å². The van der Waals surface area contributed by atoms with Gasteiger partial charge in [0, 0.05) is 23.7 Å². The number of benzene rings is 2. The molecular weight excluding hydrogens is 429 g/mol. The zero-order valence-corrected chi connectivity index (χ0v) is 18.3. The van der Waals surface area contributed by atoms with Crippen molar-refractivity contribution in [2.45, 2.75) is 50.4 Å². The van der Waals surface area contributed by atoms with Crippen molar-refractivity contribution in [3.63, 3.8) is 0 Å². The number of hydrogen-bond donors (Lipinski definition) is 4. The molecule has 33 heavy (non-hydrogen) atoms. The summed E-state index contributed by atoms with van der Waals surface area (Å²) in [4.78, 5) is 24.5. The molecule has 2 aliphatic rings. The van der Waals surface area contributed by atoms with Crippen LogP contribution in [0.1, 0.15) is 37.7 Å². The van der Waals surface area contributed by atoms with Gasteiger partial charge in [0.25, 0.3) is 0 Å². The maximum Gasteiger partial charge on any atom is 0.323 e. The van der Waals surface area contributed by atoms with E-state index in [1.807, 2.05) is 13.0 Å². The highest BCUT2D eigenvalue weighted by Gasteiger charge is 2.46. The number of aliphatic hydroxyl groups is 1. The van der Waals surface area contributed by atoms with E-state index in [2.05, 4.69) is 16.0 Å². The van der Waals surface area contributed by atoms with E-state index in [9.17, 15) is 19.1 Å². The van der Waals surface area contributed by atoms with Crippen LogP contribution in [-0.4, -0.2) is 48.5 Å². The largest absolute Gasteiger partial charge is 0.487 e. The van der Waals surface area contributed by atoms with Crippen LogP contribution < -0.4 is 20.7 Å². The first kappa shape index (κ1) is 23.0. The van der Waals surface area contributed by atoms with Crippen LogP contribution in [-0.2, 0) is 9.53 Å². The monoisotopic (exact) mass is 457 g/mol. The molecule has 8 nitrogen and oxygen atoms in total. The number of urea groups is 1. The Bertz CT molecular complexity index is 1020. The lowest BCUT2D eigenvalue weighted by atomic mass is 9.84. The summed E-state index contributed by atoms with van der Waals surface area (Å²) < 4.78 is 25.8. The molecule has 0 spiro atoms. The van der Waals surface area contributed by atoms with Gasteiger partial charge >= 0.3 is 6.03 Å². The van der Waals surface area contributed by atoms with E-state index in [1.54, 1.807) is 24.3 Å². The minimum Gasteiger partial charge on any atom is -0.487 e. The number of fused-ring (bicyclic) bond motifs is 3. The number of para-hydroxylation sites is 1. The van der Waals surface area contributed by atoms with Crippen LogP contribution in [0.5, 0.6) is 5.75 Å². The van der Waals surface area contributed by atoms with Crippen LogP contribution in [0.25, 0.3) is 0 Å². The van der Waals surface area contributed by atoms with E-state index in [-0.39, 0.29) is 42.7 Å². The third-order valence-electron chi connectivity index (χ3n) is 5.86. The summed E-state index contributed by atoms with van der Waals surface area (Å²) in [6, 6.07) is 10.6. The first-order valence-electron chi connectivity index (χ1n) is 11.1. The lowest BCUT2D eigenvalue weighted by molar-refractivity contribution is -0.142. The van der Waals surface area contributed by atoms with Crippen LogP contribution >= 0.6 is 0 Å². The molecule has 1 fully saturated rings. The molecule has 0 aliphatic carbocycles. The van der Waals surface area contributed by atoms with Gasteiger partial charge in [0.05, 0.1) is 24.8 Å². The van der Waals surface area contributed by atoms with Crippen molar-refractivity contribution in [3.8, 4) is 5.75 Å². The van der Waals surface area contributed by atoms with Crippen LogP contribution in [0, 0.1) is 5.82 Å². The lowest BCUT2D eigenvalue weighted by Gasteiger charge is -2.37. The molecule has 2 aromatic rings. The third-order valence-corrected chi connectivity index (χ3v) is 5.86. The second-order valence-electron chi connectivity index (χ2n) is 8.27. The van der Waals surface area contributed by atoms with E-state index in [4.69, 9.17) is 9.47 Å². The van der Waals surface area contributed by atoms with Gasteiger partial charge in [-0.1, -0.05) is 19.1 Å². The van der Waals surface area contributed by atoms with Crippen molar-refractivity contribution in [1.29, 1.82) is 0 Å². The minimum absolute atomic E-state index is 0.0824. The van der Waals surface area contributed by atoms with Gasteiger partial charge < -0.3 is 30.5 Å². The van der Waals surface area contributed by atoms with E-state index in [0.717, 1.165) is 12.0 Å². The molecule has 2 aliphatic heterocycles. The first-order valence-corrected chi connectivity index (χ1v) is 11.1. The van der Waals surface area contributed by atoms with Crippen LogP contribution in [0.2, 0.25) is 0 Å². The third kappa shape index (κ3) is 5.26. The topological polar surface area (TPSA) is 109 Å². The molecule has 4 atom stereocenters. The van der Waals surface area contributed by atoms with Crippen molar-refractivity contribution in [3.05, 3.63) is 53.8 Å². The first-order chi connectivity index (χ1) is 16.0. The number of ether oxygens (including phenoxy) is 2. The zero-order chi connectivity index (χ0) is 23.4. The molecule has 0 unspecified atom stereocenters. The molecule has 0 radical (unpaired) electrons. The molecule has 2 aromatic carbocycles. The van der Waals surface area contributed by atoms with Gasteiger partial charge in [-0.15, -0.1) is 0 Å². The molecule has 0 aromatic heterocycles. The molecule has 0 saturated carbocycles. The molecule has 0 bridgehead atoms. The fourth-order valence-electron chi connectivity index (χ4n) is 4.36. The summed E-state index contributed by atoms with van der Waals surface area (Å²) in [5, 5.41) is 17.9. The van der Waals surface area contributed by atoms with E-state index >= 15 is 0 Å². The van der Waals surface area contributed by atoms with Crippen molar-refractivity contribution < 1.29 is 28.6 Å². The fourth-order valence-corrected chi connectivity index (χ4v) is 4.36. The Balaban J connectivity index is 1.46. The highest BCUT2D eigenvalue weighted by Crippen LogP contribution is 2.47. The average molecular weight is 458 g/mol. The Morgan fingerprint density at radius 1 is 1.18 bits per heavy atom. The normalized spacial score (nSPS) is 23.1. The molecule has 2 heterocycles. The van der Waals surface area contributed by atoms with Gasteiger partial charge in [0.1, 0.15) is 23.8 Å². The summed E-state index contributed by atoms with van der Waals surface area (Å²) >= 11 is 0. The Kier molecular flexibility index (Phi) is 7.10. The predicted octanol–water partition coefficient (Wildman–Crippen LogP) is 3.38. The summed E-state index contributed by atoms with van der Waals surface area (Å²) in [5.74, 6) is -0.0464. The Hall–Kier alpha value is -3.17. The number of hydrogen-bond acceptors (Lipinski definition) is 5. The highest BCUT2D eigenvalue weighted by molar-refractivity contribution is 5.99. The smallest absolute Gasteiger partial charge is 0.323 e. The number of halogens is 1. The average Bonchev–Trinajstić information content (AvgIpc) is 3.16. The molecular formula is C24H28FN3O5. The SMILES string of the molecule is CCCNC(=O)C[C@H]1C[C@@H]2c3cc(NC(=O)Nc4ccccc4F)ccc3O[C@@H]2[C@@H](CO)O1. The molecule has 4 N–H and O–H groups in total. The highest BCUT2D eigenvalue weighted by atomic mass is 19.1. The molecule has 4 rings (SSSR count). The molecule has 3 amide bonds. The summed E-state index contributed by atoms with van der Waals surface area (Å²) in [6.45, 7) is 2.37. The van der Waals surface area contributed by atoms with Crippen molar-refractivity contribution >= 4 is 23.3 Å². The predicted molar refractivity (Wildman–Crippen MR) is 121 cm³/mol. The fraction of sp³-hybridized carbons (Fsp3) is 0.417. The maximum atomic E-state index is 13.8. The zero-order valence-electron chi connectivity index (χ0n) is 18.3. The number of nitrogens with one attached hydrogen (secondary N) is 3. The Morgan fingerprint density at radius 3 is 2.76 bits per heavy atom. The van der Waals surface area contributed by atoms with Crippen LogP contribution in [0.4, 0.5) is 20.6 Å². The Morgan fingerprint density at radius 2 is 2.00 bits per heavy atom. The van der Waals surface area contributed by atoms with Gasteiger partial charge in [0.15, 0.2) is 0 Å². The van der Waals surface area contributed by atoms with Gasteiger partial charge in [-0.05, 0) is 43.2 Å². The Labute approximate surface area is 191 Å². The summed E-state index contributed by atoms with van der Waals surface area (Å²) in [6.07, 6.45) is 0.332. The minimum atomic E-state index is -0.568. The number of rotatable bonds is 7. The van der Waals surface area contributed by atoms with Crippen molar-refractivity contribution in [2.75, 3.05) is 23.8 Å². The van der Waals surface area contributed by atoms with E-state index in [1.165, 1.54) is 12.1 Å². The van der Waals surface area contributed by atoms with Crippen LogP contribution in [0.15, 0.2) is 42.5 Å². The van der Waals surface area contributed by atoms with Gasteiger partial charge in [-0.2, -0.15) is 0 Å². The van der Waals surface area contributed by atoms with Gasteiger partial charge in [-0.3, -0.25) is 4.79 Å². The maximum absolute atomic E-state index is 13.8. The standard InChI is InChI=1S/C24H28FN3O5/c1-2-9-26-22(30)12-15-11-17-16-10-14(7-8-20(16)33-23(17)21(13-29)32-15)27-24(31)28-19-6-4-3-5-18(19)25/h3-8,10,15,17,21,23,29H,2,9,11-13H2,1H3,(H,26,30)(H2,27,28,31)/t15-,17-,21-,23+/m1/s1. The van der Waals surface area contributed by atoms with Crippen molar-refractivity contribution in [1.82, 2.24) is 5.32 Å². The van der Waals surface area contributed by atoms with Gasteiger partial charge in [-0.25, -0.2) is 9.18 Å². The molecule has 1 saturated heterocycles. The summed E-state index contributed by atoms with van der Waals surface area (Å²) in [7, 11) is 0.